The minimum absolute atomic E-state index is 0.118. The molecule has 4 N–H and O–H groups in total. The molecular formula is C35H32N2O9S2. The number of carbonyl (C=O) groups is 3. The lowest BCUT2D eigenvalue weighted by molar-refractivity contribution is -0.159. The summed E-state index contributed by atoms with van der Waals surface area (Å²) in [7, 11) is -2.11. The first-order valence-corrected chi connectivity index (χ1v) is 17.1. The van der Waals surface area contributed by atoms with Gasteiger partial charge < -0.3 is 20.1 Å². The maximum Gasteiger partial charge on any atom is 0.414 e. The van der Waals surface area contributed by atoms with E-state index in [2.05, 4.69) is 9.62 Å². The number of aliphatic carboxylic acids is 2. The number of aromatic hydroxyl groups is 1. The van der Waals surface area contributed by atoms with Gasteiger partial charge in [0, 0.05) is 43.9 Å². The number of fused-ring (bicyclic) bond motifs is 1. The largest absolute Gasteiger partial charge is 0.508 e. The monoisotopic (exact) mass is 688 g/mol. The van der Waals surface area contributed by atoms with E-state index < -0.39 is 22.0 Å². The van der Waals surface area contributed by atoms with Crippen molar-refractivity contribution >= 4 is 54.9 Å². The number of carboxylic acids is 2. The second-order valence-corrected chi connectivity index (χ2v) is 13.7. The molecule has 1 aliphatic rings. The Hall–Kier alpha value is -5.24. The Morgan fingerprint density at radius 3 is 2.17 bits per heavy atom. The van der Waals surface area contributed by atoms with Crippen molar-refractivity contribution in [3.05, 3.63) is 108 Å². The van der Waals surface area contributed by atoms with E-state index in [1.54, 1.807) is 67.8 Å². The molecule has 6 rings (SSSR count). The quantitative estimate of drug-likeness (QED) is 0.105. The van der Waals surface area contributed by atoms with Crippen molar-refractivity contribution in [2.45, 2.75) is 24.3 Å². The molecule has 0 aliphatic carbocycles. The van der Waals surface area contributed by atoms with Crippen molar-refractivity contribution in [3.8, 4) is 21.9 Å². The van der Waals surface area contributed by atoms with Gasteiger partial charge in [-0.1, -0.05) is 42.5 Å². The topological polar surface area (TPSA) is 171 Å². The number of methoxy groups -OCH3 is 1. The summed E-state index contributed by atoms with van der Waals surface area (Å²) >= 11 is 1.41. The highest BCUT2D eigenvalue weighted by atomic mass is 32.2. The molecule has 0 amide bonds. The average Bonchev–Trinajstić information content (AvgIpc) is 3.73. The SMILES string of the molecule is COc1cc(C(=O)c2c(-c3ccc(NS(=O)(=O)c4ccccc4)cc3)sc3cc(O)ccc23)ccc1CN1CCCC1.O=C(O)C(=O)O. The number of ketones is 1. The lowest BCUT2D eigenvalue weighted by Gasteiger charge is -2.17. The molecule has 4 aromatic carbocycles. The van der Waals surface area contributed by atoms with Crippen molar-refractivity contribution in [3.63, 3.8) is 0 Å². The molecule has 248 valence electrons. The van der Waals surface area contributed by atoms with Gasteiger partial charge in [-0.05, 0) is 80.0 Å². The van der Waals surface area contributed by atoms with E-state index in [-0.39, 0.29) is 16.4 Å². The average molecular weight is 689 g/mol. The first-order valence-electron chi connectivity index (χ1n) is 14.8. The van der Waals surface area contributed by atoms with Gasteiger partial charge in [-0.2, -0.15) is 0 Å². The first kappa shape index (κ1) is 34.1. The van der Waals surface area contributed by atoms with E-state index in [1.807, 2.05) is 18.2 Å². The van der Waals surface area contributed by atoms with Crippen molar-refractivity contribution in [2.75, 3.05) is 24.9 Å². The van der Waals surface area contributed by atoms with Gasteiger partial charge in [0.1, 0.15) is 11.5 Å². The van der Waals surface area contributed by atoms with Crippen LogP contribution in [0.3, 0.4) is 0 Å². The summed E-state index contributed by atoms with van der Waals surface area (Å²) in [6.07, 6.45) is 2.39. The smallest absolute Gasteiger partial charge is 0.414 e. The summed E-state index contributed by atoms with van der Waals surface area (Å²) < 4.78 is 34.7. The lowest BCUT2D eigenvalue weighted by Crippen LogP contribution is -2.19. The summed E-state index contributed by atoms with van der Waals surface area (Å²) in [5.41, 5.74) is 3.26. The van der Waals surface area contributed by atoms with Crippen LogP contribution in [0, 0.1) is 0 Å². The molecule has 0 saturated carbocycles. The maximum absolute atomic E-state index is 14.1. The van der Waals surface area contributed by atoms with E-state index >= 15 is 0 Å². The van der Waals surface area contributed by atoms with Crippen LogP contribution in [0.15, 0.2) is 95.9 Å². The number of rotatable bonds is 9. The molecule has 48 heavy (non-hydrogen) atoms. The number of hydrogen-bond acceptors (Lipinski definition) is 9. The van der Waals surface area contributed by atoms with Crippen LogP contribution < -0.4 is 9.46 Å². The number of benzene rings is 4. The highest BCUT2D eigenvalue weighted by Crippen LogP contribution is 2.42. The Kier molecular flexibility index (Phi) is 10.4. The van der Waals surface area contributed by atoms with E-state index in [4.69, 9.17) is 24.5 Å². The number of carbonyl (C=O) groups excluding carboxylic acids is 1. The molecule has 0 unspecified atom stereocenters. The van der Waals surface area contributed by atoms with Crippen molar-refractivity contribution in [1.29, 1.82) is 0 Å². The second-order valence-electron chi connectivity index (χ2n) is 10.9. The number of ether oxygens (including phenoxy) is 1. The third kappa shape index (κ3) is 7.82. The third-order valence-electron chi connectivity index (χ3n) is 7.68. The van der Waals surface area contributed by atoms with Crippen molar-refractivity contribution in [2.24, 2.45) is 0 Å². The Bertz CT molecular complexity index is 2060. The number of sulfonamides is 1. The molecule has 13 heteroatoms. The number of nitrogens with one attached hydrogen (secondary N) is 1. The Labute approximate surface area is 280 Å². The molecule has 2 heterocycles. The van der Waals surface area contributed by atoms with Gasteiger partial charge in [0.05, 0.1) is 12.0 Å². The van der Waals surface area contributed by atoms with Crippen LogP contribution in [0.2, 0.25) is 0 Å². The Morgan fingerprint density at radius 1 is 0.875 bits per heavy atom. The zero-order chi connectivity index (χ0) is 34.4. The standard InChI is InChI=1S/C33H30N2O5S2.C2H2O4/c1-40-29-19-23(9-10-24(29)21-35-17-5-6-18-35)32(37)31-28-16-15-26(36)20-30(28)41-33(31)22-11-13-25(14-12-22)34-42(38,39)27-7-3-2-4-8-27;3-1(4)2(5)6/h2-4,7-16,19-20,34,36H,5-6,17-18,21H2,1H3;(H,3,4)(H,5,6). The highest BCUT2D eigenvalue weighted by molar-refractivity contribution is 7.92. The summed E-state index contributed by atoms with van der Waals surface area (Å²) in [5.74, 6) is -3.00. The van der Waals surface area contributed by atoms with Crippen molar-refractivity contribution in [1.82, 2.24) is 4.90 Å². The van der Waals surface area contributed by atoms with Gasteiger partial charge in [-0.15, -0.1) is 11.3 Å². The molecule has 1 fully saturated rings. The van der Waals surface area contributed by atoms with Crippen LogP contribution in [-0.2, 0) is 26.2 Å². The van der Waals surface area contributed by atoms with Gasteiger partial charge in [0.25, 0.3) is 10.0 Å². The number of carboxylic acid groups (broad SMARTS) is 2. The second kappa shape index (κ2) is 14.7. The molecule has 1 saturated heterocycles. The molecule has 0 spiro atoms. The zero-order valence-corrected chi connectivity index (χ0v) is 27.4. The molecule has 11 nitrogen and oxygen atoms in total. The fraction of sp³-hybridized carbons (Fsp3) is 0.171. The van der Waals surface area contributed by atoms with Crippen LogP contribution in [0.1, 0.15) is 34.3 Å². The molecular weight excluding hydrogens is 657 g/mol. The molecule has 0 atom stereocenters. The Morgan fingerprint density at radius 2 is 1.54 bits per heavy atom. The predicted octanol–water partition coefficient (Wildman–Crippen LogP) is 6.07. The van der Waals surface area contributed by atoms with Gasteiger partial charge in [0.2, 0.25) is 0 Å². The van der Waals surface area contributed by atoms with Crippen LogP contribution >= 0.6 is 11.3 Å². The van der Waals surface area contributed by atoms with Crippen molar-refractivity contribution < 1.29 is 42.9 Å². The third-order valence-corrected chi connectivity index (χ3v) is 10.3. The number of nitrogens with zero attached hydrogens (tertiary/aromatic N) is 1. The number of phenols is 1. The molecule has 1 aromatic heterocycles. The van der Waals surface area contributed by atoms with Crippen LogP contribution in [-0.4, -0.2) is 66.6 Å². The maximum atomic E-state index is 14.1. The summed E-state index contributed by atoms with van der Waals surface area (Å²) in [6.45, 7) is 2.91. The minimum atomic E-state index is -3.74. The minimum Gasteiger partial charge on any atom is -0.508 e. The summed E-state index contributed by atoms with van der Waals surface area (Å²) in [4.78, 5) is 35.6. The summed E-state index contributed by atoms with van der Waals surface area (Å²) in [6, 6.07) is 25.8. The van der Waals surface area contributed by atoms with Gasteiger partial charge >= 0.3 is 11.9 Å². The number of phenolic OH excluding ortho intramolecular Hbond substituents is 1. The highest BCUT2D eigenvalue weighted by Gasteiger charge is 2.24. The molecule has 0 bridgehead atoms. The van der Waals surface area contributed by atoms with Gasteiger partial charge in [-0.3, -0.25) is 14.4 Å². The fourth-order valence-corrected chi connectivity index (χ4v) is 7.68. The number of anilines is 1. The number of thiophene rings is 1. The van der Waals surface area contributed by atoms with Crippen LogP contribution in [0.25, 0.3) is 20.5 Å². The molecule has 5 aromatic rings. The lowest BCUT2D eigenvalue weighted by atomic mass is 9.96. The van der Waals surface area contributed by atoms with E-state index in [9.17, 15) is 18.3 Å². The zero-order valence-electron chi connectivity index (χ0n) is 25.8. The van der Waals surface area contributed by atoms with Crippen LogP contribution in [0.4, 0.5) is 5.69 Å². The Balaban J connectivity index is 0.000000689. The normalized spacial score (nSPS) is 13.0. The first-order chi connectivity index (χ1) is 23.0. The van der Waals surface area contributed by atoms with E-state index in [0.717, 1.165) is 45.7 Å². The number of hydrogen-bond donors (Lipinski definition) is 4. The van der Waals surface area contributed by atoms with Gasteiger partial charge in [-0.25, -0.2) is 18.0 Å². The predicted molar refractivity (Wildman–Crippen MR) is 182 cm³/mol. The fourth-order valence-electron chi connectivity index (χ4n) is 5.36. The summed E-state index contributed by atoms with van der Waals surface area (Å²) in [5, 5.41) is 25.7. The van der Waals surface area contributed by atoms with Gasteiger partial charge in [0.15, 0.2) is 5.78 Å². The van der Waals surface area contributed by atoms with Crippen LogP contribution in [0.5, 0.6) is 11.5 Å². The molecule has 1 aliphatic heterocycles. The van der Waals surface area contributed by atoms with E-state index in [1.165, 1.54) is 36.3 Å². The van der Waals surface area contributed by atoms with E-state index in [0.29, 0.717) is 22.6 Å². The molecule has 0 radical (unpaired) electrons. The number of likely N-dealkylation sites (tertiary alicyclic amines) is 1.